The summed E-state index contributed by atoms with van der Waals surface area (Å²) >= 11 is 0. The van der Waals surface area contributed by atoms with Crippen LogP contribution < -0.4 is 5.32 Å². The zero-order chi connectivity index (χ0) is 20.8. The average Bonchev–Trinajstić information content (AvgIpc) is 2.91. The first-order chi connectivity index (χ1) is 14.7. The maximum Gasteiger partial charge on any atom is 0.303 e. The largest absolute Gasteiger partial charge is 0.481 e. The molecule has 3 nitrogen and oxygen atoms in total. The zero-order valence-corrected chi connectivity index (χ0v) is 17.8. The van der Waals surface area contributed by atoms with E-state index in [1.165, 1.54) is 34.2 Å². The number of aliphatic carboxylic acids is 1. The Labute approximate surface area is 180 Å². The number of fused-ring (bicyclic) bond motifs is 2. The third-order valence-corrected chi connectivity index (χ3v) is 6.89. The Balaban J connectivity index is 1.46. The van der Waals surface area contributed by atoms with Crippen LogP contribution in [0, 0.1) is 5.41 Å². The molecule has 0 aromatic heterocycles. The van der Waals surface area contributed by atoms with Gasteiger partial charge in [0.1, 0.15) is 0 Å². The molecular formula is C27H33NO2. The predicted molar refractivity (Wildman–Crippen MR) is 123 cm³/mol. The summed E-state index contributed by atoms with van der Waals surface area (Å²) in [5.74, 6) is -0.660. The summed E-state index contributed by atoms with van der Waals surface area (Å²) in [7, 11) is 0. The van der Waals surface area contributed by atoms with E-state index in [4.69, 9.17) is 0 Å². The summed E-state index contributed by atoms with van der Waals surface area (Å²) in [4.78, 5) is 11.4. The number of hydrogen-bond donors (Lipinski definition) is 2. The first-order valence-corrected chi connectivity index (χ1v) is 11.5. The number of benzene rings is 2. The van der Waals surface area contributed by atoms with Crippen LogP contribution in [0.15, 0.2) is 54.6 Å². The molecule has 2 N–H and O–H groups in total. The summed E-state index contributed by atoms with van der Waals surface area (Å²) in [6.07, 6.45) is 11.4. The molecule has 0 unspecified atom stereocenters. The molecule has 2 aromatic rings. The van der Waals surface area contributed by atoms with Crippen LogP contribution in [0.5, 0.6) is 0 Å². The molecule has 30 heavy (non-hydrogen) atoms. The van der Waals surface area contributed by atoms with Crippen molar-refractivity contribution in [2.75, 3.05) is 13.1 Å². The van der Waals surface area contributed by atoms with Gasteiger partial charge < -0.3 is 10.4 Å². The number of carboxylic acids is 1. The smallest absolute Gasteiger partial charge is 0.303 e. The average molecular weight is 404 g/mol. The van der Waals surface area contributed by atoms with E-state index in [9.17, 15) is 9.90 Å². The van der Waals surface area contributed by atoms with Gasteiger partial charge in [0.25, 0.3) is 0 Å². The van der Waals surface area contributed by atoms with Crippen LogP contribution in [-0.2, 0) is 17.6 Å². The summed E-state index contributed by atoms with van der Waals surface area (Å²) in [5.41, 5.74) is 6.86. The molecule has 4 rings (SSSR count). The summed E-state index contributed by atoms with van der Waals surface area (Å²) in [5, 5.41) is 13.0. The molecule has 158 valence electrons. The van der Waals surface area contributed by atoms with Crippen molar-refractivity contribution < 1.29 is 9.90 Å². The van der Waals surface area contributed by atoms with Gasteiger partial charge in [-0.3, -0.25) is 4.79 Å². The molecule has 1 fully saturated rings. The topological polar surface area (TPSA) is 49.3 Å². The van der Waals surface area contributed by atoms with Crippen molar-refractivity contribution in [3.8, 4) is 0 Å². The lowest BCUT2D eigenvalue weighted by molar-refractivity contribution is -0.140. The Morgan fingerprint density at radius 2 is 1.53 bits per heavy atom. The van der Waals surface area contributed by atoms with Gasteiger partial charge in [0.2, 0.25) is 0 Å². The van der Waals surface area contributed by atoms with Crippen molar-refractivity contribution in [1.29, 1.82) is 0 Å². The van der Waals surface area contributed by atoms with Crippen molar-refractivity contribution in [2.45, 2.75) is 57.8 Å². The van der Waals surface area contributed by atoms with E-state index < -0.39 is 5.97 Å². The summed E-state index contributed by atoms with van der Waals surface area (Å²) < 4.78 is 0. The fraction of sp³-hybridized carbons (Fsp3) is 0.444. The van der Waals surface area contributed by atoms with Gasteiger partial charge in [-0.25, -0.2) is 0 Å². The highest BCUT2D eigenvalue weighted by Gasteiger charge is 2.33. The van der Waals surface area contributed by atoms with Crippen LogP contribution in [0.1, 0.15) is 67.2 Å². The number of carboxylic acid groups (broad SMARTS) is 1. The Kier molecular flexibility index (Phi) is 6.69. The quantitative estimate of drug-likeness (QED) is 0.590. The van der Waals surface area contributed by atoms with Crippen LogP contribution in [0.4, 0.5) is 0 Å². The van der Waals surface area contributed by atoms with Gasteiger partial charge in [-0.1, -0.05) is 73.9 Å². The second kappa shape index (κ2) is 9.61. The highest BCUT2D eigenvalue weighted by molar-refractivity contribution is 5.83. The third kappa shape index (κ3) is 4.84. The number of hydrogen-bond acceptors (Lipinski definition) is 2. The zero-order valence-electron chi connectivity index (χ0n) is 17.8. The number of nitrogens with one attached hydrogen (secondary N) is 1. The highest BCUT2D eigenvalue weighted by atomic mass is 16.4. The first-order valence-electron chi connectivity index (χ1n) is 11.5. The lowest BCUT2D eigenvalue weighted by Crippen LogP contribution is -2.38. The Morgan fingerprint density at radius 1 is 0.933 bits per heavy atom. The second-order valence-electron chi connectivity index (χ2n) is 9.03. The van der Waals surface area contributed by atoms with E-state index in [1.54, 1.807) is 0 Å². The van der Waals surface area contributed by atoms with Crippen molar-refractivity contribution in [3.05, 3.63) is 76.9 Å². The van der Waals surface area contributed by atoms with Crippen molar-refractivity contribution in [2.24, 2.45) is 5.41 Å². The number of carbonyl (C=O) groups is 1. The predicted octanol–water partition coefficient (Wildman–Crippen LogP) is 5.62. The van der Waals surface area contributed by atoms with Crippen LogP contribution in [0.3, 0.4) is 0 Å². The molecule has 0 amide bonds. The normalized spacial score (nSPS) is 17.5. The van der Waals surface area contributed by atoms with Crippen molar-refractivity contribution >= 4 is 11.5 Å². The molecule has 0 spiro atoms. The van der Waals surface area contributed by atoms with E-state index >= 15 is 0 Å². The molecule has 0 atom stereocenters. The van der Waals surface area contributed by atoms with Crippen LogP contribution in [0.2, 0.25) is 0 Å². The molecule has 2 aliphatic rings. The standard InChI is InChI=1S/C27H33NO2/c29-26(30)19-27(16-6-1-7-17-27)20-28-18-8-13-25-23-11-4-2-9-21(23)14-15-22-10-3-5-12-24(22)25/h2-5,9-13,28H,1,6-8,14-20H2,(H,29,30). The first kappa shape index (κ1) is 20.9. The number of aryl methyl sites for hydroxylation is 2. The van der Waals surface area contributed by atoms with Gasteiger partial charge in [-0.05, 0) is 71.9 Å². The minimum atomic E-state index is -0.660. The molecule has 0 saturated heterocycles. The van der Waals surface area contributed by atoms with Crippen LogP contribution in [0.25, 0.3) is 5.57 Å². The molecular weight excluding hydrogens is 370 g/mol. The van der Waals surface area contributed by atoms with E-state index in [0.717, 1.165) is 58.0 Å². The fourth-order valence-corrected chi connectivity index (χ4v) is 5.35. The summed E-state index contributed by atoms with van der Waals surface area (Å²) in [6, 6.07) is 17.6. The van der Waals surface area contributed by atoms with Gasteiger partial charge in [-0.15, -0.1) is 0 Å². The summed E-state index contributed by atoms with van der Waals surface area (Å²) in [6.45, 7) is 1.70. The maximum absolute atomic E-state index is 11.4. The maximum atomic E-state index is 11.4. The second-order valence-corrected chi connectivity index (χ2v) is 9.03. The SMILES string of the molecule is O=C(O)CC1(CNCCC=C2c3ccccc3CCc3ccccc32)CCCCC1. The van der Waals surface area contributed by atoms with Gasteiger partial charge in [0, 0.05) is 6.54 Å². The van der Waals surface area contributed by atoms with E-state index in [-0.39, 0.29) is 5.41 Å². The van der Waals surface area contributed by atoms with Crippen molar-refractivity contribution in [3.63, 3.8) is 0 Å². The van der Waals surface area contributed by atoms with Gasteiger partial charge in [-0.2, -0.15) is 0 Å². The minimum Gasteiger partial charge on any atom is -0.481 e. The van der Waals surface area contributed by atoms with Crippen LogP contribution >= 0.6 is 0 Å². The lowest BCUT2D eigenvalue weighted by Gasteiger charge is -2.36. The minimum absolute atomic E-state index is 0.0568. The fourth-order valence-electron chi connectivity index (χ4n) is 5.35. The van der Waals surface area contributed by atoms with E-state index in [0.29, 0.717) is 6.42 Å². The molecule has 1 saturated carbocycles. The molecule has 3 heteroatoms. The molecule has 0 radical (unpaired) electrons. The van der Waals surface area contributed by atoms with E-state index in [2.05, 4.69) is 59.9 Å². The highest BCUT2D eigenvalue weighted by Crippen LogP contribution is 2.39. The van der Waals surface area contributed by atoms with Gasteiger partial charge >= 0.3 is 5.97 Å². The van der Waals surface area contributed by atoms with Crippen LogP contribution in [-0.4, -0.2) is 24.2 Å². The molecule has 0 bridgehead atoms. The molecule has 2 aliphatic carbocycles. The Hall–Kier alpha value is -2.39. The molecule has 0 heterocycles. The number of rotatable bonds is 7. The third-order valence-electron chi connectivity index (χ3n) is 6.89. The monoisotopic (exact) mass is 403 g/mol. The van der Waals surface area contributed by atoms with Crippen molar-refractivity contribution in [1.82, 2.24) is 5.32 Å². The van der Waals surface area contributed by atoms with Gasteiger partial charge in [0.05, 0.1) is 6.42 Å². The Morgan fingerprint density at radius 3 is 2.13 bits per heavy atom. The molecule has 0 aliphatic heterocycles. The lowest BCUT2D eigenvalue weighted by atomic mass is 9.71. The molecule has 2 aromatic carbocycles. The Bertz CT molecular complexity index is 859. The van der Waals surface area contributed by atoms with E-state index in [1.807, 2.05) is 0 Å². The van der Waals surface area contributed by atoms with Gasteiger partial charge in [0.15, 0.2) is 0 Å².